The molecule has 1 fully saturated rings. The Hall–Kier alpha value is -1.89. The summed E-state index contributed by atoms with van der Waals surface area (Å²) >= 11 is 0. The highest BCUT2D eigenvalue weighted by molar-refractivity contribution is 5.63. The topological polar surface area (TPSA) is 62.4 Å². The molecule has 1 aromatic heterocycles. The number of methoxy groups -OCH3 is 1. The second-order valence-corrected chi connectivity index (χ2v) is 5.98. The summed E-state index contributed by atoms with van der Waals surface area (Å²) in [4.78, 5) is 2.46. The number of nitrogens with one attached hydrogen (secondary N) is 2. The van der Waals surface area contributed by atoms with Crippen LogP contribution in [0.4, 0.5) is 0 Å². The van der Waals surface area contributed by atoms with E-state index in [0.717, 1.165) is 69.4 Å². The highest BCUT2D eigenvalue weighted by atomic mass is 16.5. The first-order valence-electron chi connectivity index (χ1n) is 8.54. The van der Waals surface area contributed by atoms with E-state index in [9.17, 15) is 0 Å². The van der Waals surface area contributed by atoms with Crippen LogP contribution in [0.3, 0.4) is 0 Å². The van der Waals surface area contributed by atoms with Crippen LogP contribution in [0.1, 0.15) is 12.0 Å². The fraction of sp³-hybridized carbons (Fsp3) is 0.500. The molecule has 1 aliphatic rings. The van der Waals surface area contributed by atoms with E-state index in [0.29, 0.717) is 0 Å². The molecule has 0 radical (unpaired) electrons. The van der Waals surface area contributed by atoms with E-state index in [2.05, 4.69) is 20.4 Å². The lowest BCUT2D eigenvalue weighted by Gasteiger charge is -2.26. The van der Waals surface area contributed by atoms with Gasteiger partial charge >= 0.3 is 0 Å². The SMILES string of the molecule is COc1ccc(-c2[nH]ncc2CNCCCN2CCOCC2)cc1. The fourth-order valence-electron chi connectivity index (χ4n) is 2.93. The number of morpholine rings is 1. The van der Waals surface area contributed by atoms with Crippen LogP contribution in [-0.4, -0.2) is 61.6 Å². The lowest BCUT2D eigenvalue weighted by molar-refractivity contribution is 0.0374. The van der Waals surface area contributed by atoms with Gasteiger partial charge in [-0.05, 0) is 43.8 Å². The summed E-state index contributed by atoms with van der Waals surface area (Å²) in [5, 5.41) is 10.8. The molecule has 0 spiro atoms. The van der Waals surface area contributed by atoms with Crippen molar-refractivity contribution in [3.05, 3.63) is 36.0 Å². The smallest absolute Gasteiger partial charge is 0.118 e. The van der Waals surface area contributed by atoms with E-state index >= 15 is 0 Å². The Morgan fingerprint density at radius 1 is 1.25 bits per heavy atom. The third-order valence-electron chi connectivity index (χ3n) is 4.34. The molecule has 1 aliphatic heterocycles. The van der Waals surface area contributed by atoms with Crippen LogP contribution in [0.2, 0.25) is 0 Å². The number of nitrogens with zero attached hydrogens (tertiary/aromatic N) is 2. The summed E-state index contributed by atoms with van der Waals surface area (Å²) in [6.07, 6.45) is 3.05. The van der Waals surface area contributed by atoms with Crippen LogP contribution in [0, 0.1) is 0 Å². The second kappa shape index (κ2) is 8.82. The van der Waals surface area contributed by atoms with Gasteiger partial charge in [0.05, 0.1) is 32.2 Å². The zero-order chi connectivity index (χ0) is 16.6. The fourth-order valence-corrected chi connectivity index (χ4v) is 2.93. The summed E-state index contributed by atoms with van der Waals surface area (Å²) in [6.45, 7) is 6.81. The van der Waals surface area contributed by atoms with Crippen LogP contribution in [0.25, 0.3) is 11.3 Å². The van der Waals surface area contributed by atoms with Gasteiger partial charge in [-0.2, -0.15) is 5.10 Å². The lowest BCUT2D eigenvalue weighted by Crippen LogP contribution is -2.37. The Balaban J connectivity index is 1.45. The maximum absolute atomic E-state index is 5.37. The third kappa shape index (κ3) is 4.56. The molecule has 0 amide bonds. The molecule has 2 aromatic rings. The Morgan fingerprint density at radius 3 is 2.79 bits per heavy atom. The van der Waals surface area contributed by atoms with Gasteiger partial charge in [0.1, 0.15) is 5.75 Å². The third-order valence-corrected chi connectivity index (χ3v) is 4.34. The van der Waals surface area contributed by atoms with Crippen LogP contribution < -0.4 is 10.1 Å². The molecule has 0 bridgehead atoms. The van der Waals surface area contributed by atoms with Gasteiger partial charge in [-0.3, -0.25) is 10.00 Å². The van der Waals surface area contributed by atoms with E-state index in [1.165, 1.54) is 5.56 Å². The Bertz CT molecular complexity index is 606. The van der Waals surface area contributed by atoms with Gasteiger partial charge in [-0.25, -0.2) is 0 Å². The molecule has 3 rings (SSSR count). The predicted octanol–water partition coefficient (Wildman–Crippen LogP) is 1.90. The molecule has 1 aromatic carbocycles. The molecule has 0 unspecified atom stereocenters. The van der Waals surface area contributed by atoms with Crippen molar-refractivity contribution < 1.29 is 9.47 Å². The van der Waals surface area contributed by atoms with Gasteiger partial charge in [0.15, 0.2) is 0 Å². The normalized spacial score (nSPS) is 15.5. The van der Waals surface area contributed by atoms with Crippen molar-refractivity contribution in [2.75, 3.05) is 46.5 Å². The van der Waals surface area contributed by atoms with Gasteiger partial charge in [0.25, 0.3) is 0 Å². The standard InChI is InChI=1S/C18H26N4O2/c1-23-17-5-3-15(4-6-17)18-16(14-20-21-18)13-19-7-2-8-22-9-11-24-12-10-22/h3-6,14,19H,2,7-13H2,1H3,(H,20,21). The zero-order valence-corrected chi connectivity index (χ0v) is 14.3. The van der Waals surface area contributed by atoms with Crippen molar-refractivity contribution >= 4 is 0 Å². The van der Waals surface area contributed by atoms with Crippen LogP contribution >= 0.6 is 0 Å². The molecule has 2 N–H and O–H groups in total. The summed E-state index contributed by atoms with van der Waals surface area (Å²) < 4.78 is 10.6. The van der Waals surface area contributed by atoms with E-state index < -0.39 is 0 Å². The molecule has 6 nitrogen and oxygen atoms in total. The Labute approximate surface area is 143 Å². The Kier molecular flexibility index (Phi) is 6.23. The van der Waals surface area contributed by atoms with Gasteiger partial charge in [-0.1, -0.05) is 0 Å². The molecular weight excluding hydrogens is 304 g/mol. The minimum atomic E-state index is 0.820. The molecule has 1 saturated heterocycles. The maximum Gasteiger partial charge on any atom is 0.118 e. The minimum absolute atomic E-state index is 0.820. The summed E-state index contributed by atoms with van der Waals surface area (Å²) in [5.74, 6) is 0.862. The summed E-state index contributed by atoms with van der Waals surface area (Å²) in [5.41, 5.74) is 3.38. The molecule has 0 atom stereocenters. The van der Waals surface area contributed by atoms with Gasteiger partial charge in [0, 0.05) is 30.8 Å². The first-order chi connectivity index (χ1) is 11.9. The van der Waals surface area contributed by atoms with Crippen molar-refractivity contribution in [3.8, 4) is 17.0 Å². The number of aromatic nitrogens is 2. The van der Waals surface area contributed by atoms with E-state index in [4.69, 9.17) is 9.47 Å². The Morgan fingerprint density at radius 2 is 2.04 bits per heavy atom. The number of H-pyrrole nitrogens is 1. The van der Waals surface area contributed by atoms with Crippen molar-refractivity contribution in [1.82, 2.24) is 20.4 Å². The predicted molar refractivity (Wildman–Crippen MR) is 94.2 cm³/mol. The van der Waals surface area contributed by atoms with E-state index in [1.807, 2.05) is 30.5 Å². The van der Waals surface area contributed by atoms with Gasteiger partial charge in [0.2, 0.25) is 0 Å². The zero-order valence-electron chi connectivity index (χ0n) is 14.3. The van der Waals surface area contributed by atoms with Crippen molar-refractivity contribution in [3.63, 3.8) is 0 Å². The van der Waals surface area contributed by atoms with E-state index in [-0.39, 0.29) is 0 Å². The second-order valence-electron chi connectivity index (χ2n) is 5.98. The number of benzene rings is 1. The molecule has 24 heavy (non-hydrogen) atoms. The molecule has 0 saturated carbocycles. The molecule has 6 heteroatoms. The van der Waals surface area contributed by atoms with Crippen molar-refractivity contribution in [1.29, 1.82) is 0 Å². The van der Waals surface area contributed by atoms with Crippen LogP contribution in [-0.2, 0) is 11.3 Å². The van der Waals surface area contributed by atoms with Crippen LogP contribution in [0.15, 0.2) is 30.5 Å². The van der Waals surface area contributed by atoms with Crippen LogP contribution in [0.5, 0.6) is 5.75 Å². The molecule has 2 heterocycles. The summed E-state index contributed by atoms with van der Waals surface area (Å²) in [6, 6.07) is 8.04. The number of aromatic amines is 1. The average molecular weight is 330 g/mol. The largest absolute Gasteiger partial charge is 0.497 e. The molecule has 0 aliphatic carbocycles. The van der Waals surface area contributed by atoms with Crippen molar-refractivity contribution in [2.24, 2.45) is 0 Å². The molecular formula is C18H26N4O2. The highest BCUT2D eigenvalue weighted by Gasteiger charge is 2.10. The number of hydrogen-bond donors (Lipinski definition) is 2. The first-order valence-corrected chi connectivity index (χ1v) is 8.54. The first kappa shape index (κ1) is 17.0. The van der Waals surface area contributed by atoms with Gasteiger partial charge < -0.3 is 14.8 Å². The molecule has 130 valence electrons. The van der Waals surface area contributed by atoms with E-state index in [1.54, 1.807) is 7.11 Å². The monoisotopic (exact) mass is 330 g/mol. The lowest BCUT2D eigenvalue weighted by atomic mass is 10.1. The maximum atomic E-state index is 5.37. The number of rotatable bonds is 8. The minimum Gasteiger partial charge on any atom is -0.497 e. The van der Waals surface area contributed by atoms with Crippen molar-refractivity contribution in [2.45, 2.75) is 13.0 Å². The average Bonchev–Trinajstić information content (AvgIpc) is 3.11. The highest BCUT2D eigenvalue weighted by Crippen LogP contribution is 2.23. The number of hydrogen-bond acceptors (Lipinski definition) is 5. The quantitative estimate of drug-likeness (QED) is 0.724. The summed E-state index contributed by atoms with van der Waals surface area (Å²) in [7, 11) is 1.68. The number of ether oxygens (including phenoxy) is 2. The van der Waals surface area contributed by atoms with Gasteiger partial charge in [-0.15, -0.1) is 0 Å².